The van der Waals surface area contributed by atoms with Crippen molar-refractivity contribution in [3.05, 3.63) is 84.6 Å². The molecular weight excluding hydrogens is 589 g/mol. The van der Waals surface area contributed by atoms with Crippen LogP contribution in [0.5, 0.6) is 0 Å². The molecular formula is C33H37F3N4O5. The lowest BCUT2D eigenvalue weighted by Crippen LogP contribution is -2.54. The van der Waals surface area contributed by atoms with Crippen LogP contribution in [-0.4, -0.2) is 47.5 Å². The van der Waals surface area contributed by atoms with Crippen molar-refractivity contribution in [1.29, 1.82) is 0 Å². The Morgan fingerprint density at radius 3 is 2.07 bits per heavy atom. The maximum absolute atomic E-state index is 13.6. The van der Waals surface area contributed by atoms with E-state index in [2.05, 4.69) is 25.7 Å². The first-order valence-corrected chi connectivity index (χ1v) is 14.5. The summed E-state index contributed by atoms with van der Waals surface area (Å²) in [5.74, 6) is -4.40. The molecule has 0 radical (unpaired) electrons. The van der Waals surface area contributed by atoms with Crippen LogP contribution in [0.3, 0.4) is 0 Å². The molecule has 12 heteroatoms. The molecule has 3 rings (SSSR count). The zero-order valence-corrected chi connectivity index (χ0v) is 25.3. The lowest BCUT2D eigenvalue weighted by molar-refractivity contribution is -0.202. The predicted octanol–water partition coefficient (Wildman–Crippen LogP) is 5.74. The minimum Gasteiger partial charge on any atom is -0.386 e. The van der Waals surface area contributed by atoms with Gasteiger partial charge < -0.3 is 20.7 Å². The van der Waals surface area contributed by atoms with Crippen molar-refractivity contribution in [3.63, 3.8) is 0 Å². The molecule has 9 nitrogen and oxygen atoms in total. The summed E-state index contributed by atoms with van der Waals surface area (Å²) < 4.78 is 42.1. The van der Waals surface area contributed by atoms with Crippen LogP contribution in [0.2, 0.25) is 0 Å². The smallest absolute Gasteiger partial charge is 0.386 e. The Bertz CT molecular complexity index is 1430. The SMILES string of the molecule is CC(C)(C)[C@@H](NC(=O)CCCCNc1ccccn1)C(=O)NC(CC(=O)OC(=O)C(F)(F)F)c1ccc(-c2ccccc2)cc1. The standard InChI is InChI=1S/C33H37F3N4O5/c1-32(2,3)29(40-27(41)14-8-10-20-38-26-13-7-9-19-37-26)30(43)39-25(21-28(42)45-31(44)33(34,35)36)24-17-15-23(16-18-24)22-11-5-4-6-12-22/h4-7,9,11-13,15-19,25,29H,8,10,14,20-21H2,1-3H3,(H,37,38)(H,39,43)(H,40,41)/t25?,29-/m0/s1. The van der Waals surface area contributed by atoms with Crippen molar-refractivity contribution in [2.24, 2.45) is 5.41 Å². The highest BCUT2D eigenvalue weighted by Crippen LogP contribution is 2.26. The number of alkyl halides is 3. The Hall–Kier alpha value is -4.74. The molecule has 45 heavy (non-hydrogen) atoms. The van der Waals surface area contributed by atoms with Gasteiger partial charge in [-0.2, -0.15) is 13.2 Å². The number of aromatic nitrogens is 1. The molecule has 2 aromatic carbocycles. The zero-order chi connectivity index (χ0) is 33.0. The molecule has 240 valence electrons. The lowest BCUT2D eigenvalue weighted by atomic mass is 9.85. The van der Waals surface area contributed by atoms with E-state index in [-0.39, 0.29) is 12.3 Å². The molecule has 0 aliphatic rings. The third-order valence-electron chi connectivity index (χ3n) is 6.78. The summed E-state index contributed by atoms with van der Waals surface area (Å²) in [5, 5.41) is 8.59. The minimum absolute atomic E-state index is 0.153. The van der Waals surface area contributed by atoms with Gasteiger partial charge in [0.25, 0.3) is 0 Å². The minimum atomic E-state index is -5.36. The van der Waals surface area contributed by atoms with Gasteiger partial charge in [-0.1, -0.05) is 81.4 Å². The number of benzene rings is 2. The maximum atomic E-state index is 13.6. The number of rotatable bonds is 13. The van der Waals surface area contributed by atoms with E-state index in [1.54, 1.807) is 51.2 Å². The van der Waals surface area contributed by atoms with Gasteiger partial charge in [-0.05, 0) is 47.1 Å². The van der Waals surface area contributed by atoms with E-state index >= 15 is 0 Å². The van der Waals surface area contributed by atoms with E-state index in [1.807, 2.05) is 48.5 Å². The number of anilines is 1. The molecule has 1 aromatic heterocycles. The Labute approximate surface area is 260 Å². The molecule has 0 fully saturated rings. The van der Waals surface area contributed by atoms with Gasteiger partial charge in [-0.3, -0.25) is 14.4 Å². The average Bonchev–Trinajstić information content (AvgIpc) is 2.99. The summed E-state index contributed by atoms with van der Waals surface area (Å²) >= 11 is 0. The molecule has 0 aliphatic carbocycles. The summed E-state index contributed by atoms with van der Waals surface area (Å²) in [7, 11) is 0. The normalized spacial score (nSPS) is 12.8. The molecule has 2 amide bonds. The zero-order valence-electron chi connectivity index (χ0n) is 25.3. The van der Waals surface area contributed by atoms with Crippen LogP contribution < -0.4 is 16.0 Å². The Kier molecular flexibility index (Phi) is 12.2. The molecule has 0 bridgehead atoms. The number of pyridine rings is 1. The molecule has 0 spiro atoms. The monoisotopic (exact) mass is 626 g/mol. The number of carbonyl (C=O) groups excluding carboxylic acids is 4. The number of hydrogen-bond donors (Lipinski definition) is 3. The second-order valence-corrected chi connectivity index (χ2v) is 11.5. The third kappa shape index (κ3) is 11.4. The summed E-state index contributed by atoms with van der Waals surface area (Å²) in [6.45, 7) is 5.84. The first-order chi connectivity index (χ1) is 21.2. The first kappa shape index (κ1) is 34.7. The second-order valence-electron chi connectivity index (χ2n) is 11.5. The fourth-order valence-corrected chi connectivity index (χ4v) is 4.42. The van der Waals surface area contributed by atoms with E-state index < -0.39 is 47.9 Å². The van der Waals surface area contributed by atoms with E-state index in [0.29, 0.717) is 24.9 Å². The van der Waals surface area contributed by atoms with Crippen LogP contribution in [0, 0.1) is 5.41 Å². The predicted molar refractivity (Wildman–Crippen MR) is 162 cm³/mol. The molecule has 2 atom stereocenters. The highest BCUT2D eigenvalue weighted by molar-refractivity contribution is 5.90. The maximum Gasteiger partial charge on any atom is 0.491 e. The lowest BCUT2D eigenvalue weighted by Gasteiger charge is -2.32. The third-order valence-corrected chi connectivity index (χ3v) is 6.78. The van der Waals surface area contributed by atoms with Gasteiger partial charge in [0.15, 0.2) is 0 Å². The van der Waals surface area contributed by atoms with E-state index in [9.17, 15) is 32.3 Å². The second kappa shape index (κ2) is 15.8. The molecule has 3 aromatic rings. The van der Waals surface area contributed by atoms with Crippen molar-refractivity contribution in [3.8, 4) is 11.1 Å². The van der Waals surface area contributed by atoms with Crippen molar-refractivity contribution >= 4 is 29.6 Å². The molecule has 0 saturated heterocycles. The molecule has 1 unspecified atom stereocenters. The highest BCUT2D eigenvalue weighted by atomic mass is 19.4. The quantitative estimate of drug-likeness (QED) is 0.125. The summed E-state index contributed by atoms with van der Waals surface area (Å²) in [5.41, 5.74) is 1.35. The van der Waals surface area contributed by atoms with Gasteiger partial charge in [0.2, 0.25) is 11.8 Å². The summed E-state index contributed by atoms with van der Waals surface area (Å²) in [4.78, 5) is 54.2. The molecule has 0 saturated carbocycles. The first-order valence-electron chi connectivity index (χ1n) is 14.5. The molecule has 1 heterocycles. The van der Waals surface area contributed by atoms with Crippen molar-refractivity contribution in [2.75, 3.05) is 11.9 Å². The molecule has 0 aliphatic heterocycles. The Balaban J connectivity index is 1.70. The van der Waals surface area contributed by atoms with Crippen LogP contribution >= 0.6 is 0 Å². The Morgan fingerprint density at radius 1 is 0.822 bits per heavy atom. The number of halogens is 3. The van der Waals surface area contributed by atoms with Gasteiger partial charge in [-0.15, -0.1) is 0 Å². The van der Waals surface area contributed by atoms with E-state index in [4.69, 9.17) is 0 Å². The van der Waals surface area contributed by atoms with Gasteiger partial charge in [0.05, 0.1) is 12.5 Å². The number of amides is 2. The van der Waals surface area contributed by atoms with Gasteiger partial charge in [-0.25, -0.2) is 9.78 Å². The van der Waals surface area contributed by atoms with Crippen LogP contribution in [0.4, 0.5) is 19.0 Å². The number of unbranched alkanes of at least 4 members (excludes halogenated alkanes) is 1. The Morgan fingerprint density at radius 2 is 1.47 bits per heavy atom. The van der Waals surface area contributed by atoms with Crippen LogP contribution in [0.1, 0.15) is 58.1 Å². The number of hydrogen-bond acceptors (Lipinski definition) is 7. The summed E-state index contributed by atoms with van der Waals surface area (Å²) in [6, 6.07) is 19.4. The number of carbonyl (C=O) groups is 4. The van der Waals surface area contributed by atoms with Crippen molar-refractivity contribution in [2.45, 2.75) is 64.7 Å². The van der Waals surface area contributed by atoms with Crippen molar-refractivity contribution < 1.29 is 37.1 Å². The number of esters is 2. The van der Waals surface area contributed by atoms with E-state index in [1.165, 1.54) is 0 Å². The van der Waals surface area contributed by atoms with Crippen LogP contribution in [-0.2, 0) is 23.9 Å². The van der Waals surface area contributed by atoms with E-state index in [0.717, 1.165) is 16.9 Å². The number of nitrogens with one attached hydrogen (secondary N) is 3. The van der Waals surface area contributed by atoms with Crippen LogP contribution in [0.15, 0.2) is 79.0 Å². The van der Waals surface area contributed by atoms with Crippen LogP contribution in [0.25, 0.3) is 11.1 Å². The largest absolute Gasteiger partial charge is 0.491 e. The number of ether oxygens (including phenoxy) is 1. The fraction of sp³-hybridized carbons (Fsp3) is 0.364. The number of nitrogens with zero attached hydrogens (tertiary/aromatic N) is 1. The fourth-order valence-electron chi connectivity index (χ4n) is 4.42. The summed E-state index contributed by atoms with van der Waals surface area (Å²) in [6.07, 6.45) is -3.08. The average molecular weight is 627 g/mol. The molecule has 3 N–H and O–H groups in total. The highest BCUT2D eigenvalue weighted by Gasteiger charge is 2.43. The van der Waals surface area contributed by atoms with Crippen molar-refractivity contribution in [1.82, 2.24) is 15.6 Å². The van der Waals surface area contributed by atoms with Gasteiger partial charge in [0.1, 0.15) is 11.9 Å². The van der Waals surface area contributed by atoms with Gasteiger partial charge in [0, 0.05) is 19.2 Å². The van der Waals surface area contributed by atoms with Gasteiger partial charge >= 0.3 is 18.1 Å². The topological polar surface area (TPSA) is 126 Å².